The number of rotatable bonds is 9. The van der Waals surface area contributed by atoms with Crippen molar-refractivity contribution in [2.75, 3.05) is 26.2 Å². The highest BCUT2D eigenvalue weighted by atomic mass is 16.2. The van der Waals surface area contributed by atoms with E-state index < -0.39 is 0 Å². The van der Waals surface area contributed by atoms with E-state index in [1.54, 1.807) is 6.08 Å². The maximum atomic E-state index is 11.6. The second-order valence-corrected chi connectivity index (χ2v) is 4.31. The van der Waals surface area contributed by atoms with E-state index >= 15 is 0 Å². The van der Waals surface area contributed by atoms with Gasteiger partial charge in [0.1, 0.15) is 0 Å². The SMILES string of the molecule is C=CCNC(=O)C(C)NC(C)CN(CC)CC. The van der Waals surface area contributed by atoms with Crippen molar-refractivity contribution in [1.29, 1.82) is 0 Å². The molecule has 0 aliphatic heterocycles. The highest BCUT2D eigenvalue weighted by Crippen LogP contribution is 1.94. The normalized spacial score (nSPS) is 14.4. The Morgan fingerprint density at radius 2 is 1.94 bits per heavy atom. The minimum atomic E-state index is -0.166. The third kappa shape index (κ3) is 7.13. The molecule has 0 aromatic carbocycles. The molecule has 0 aliphatic carbocycles. The lowest BCUT2D eigenvalue weighted by molar-refractivity contribution is -0.122. The van der Waals surface area contributed by atoms with Gasteiger partial charge in [-0.2, -0.15) is 0 Å². The number of carbonyl (C=O) groups excluding carboxylic acids is 1. The third-order valence-corrected chi connectivity index (χ3v) is 2.77. The van der Waals surface area contributed by atoms with E-state index in [-0.39, 0.29) is 11.9 Å². The van der Waals surface area contributed by atoms with Gasteiger partial charge in [-0.3, -0.25) is 4.79 Å². The van der Waals surface area contributed by atoms with Gasteiger partial charge in [-0.15, -0.1) is 6.58 Å². The summed E-state index contributed by atoms with van der Waals surface area (Å²) >= 11 is 0. The first-order valence-electron chi connectivity index (χ1n) is 6.42. The van der Waals surface area contributed by atoms with Gasteiger partial charge < -0.3 is 15.5 Å². The van der Waals surface area contributed by atoms with E-state index in [2.05, 4.69) is 42.9 Å². The van der Waals surface area contributed by atoms with Crippen LogP contribution in [0.4, 0.5) is 0 Å². The maximum absolute atomic E-state index is 11.6. The minimum Gasteiger partial charge on any atom is -0.351 e. The first-order valence-corrected chi connectivity index (χ1v) is 6.42. The highest BCUT2D eigenvalue weighted by molar-refractivity contribution is 5.81. The summed E-state index contributed by atoms with van der Waals surface area (Å²) in [5.41, 5.74) is 0. The zero-order chi connectivity index (χ0) is 13.3. The molecule has 4 heteroatoms. The summed E-state index contributed by atoms with van der Waals surface area (Å²) in [6, 6.07) is 0.139. The van der Waals surface area contributed by atoms with E-state index in [9.17, 15) is 4.79 Å². The van der Waals surface area contributed by atoms with Crippen molar-refractivity contribution < 1.29 is 4.79 Å². The molecule has 0 saturated carbocycles. The second-order valence-electron chi connectivity index (χ2n) is 4.31. The van der Waals surface area contributed by atoms with Crippen molar-refractivity contribution >= 4 is 5.91 Å². The third-order valence-electron chi connectivity index (χ3n) is 2.77. The molecule has 1 amide bonds. The summed E-state index contributed by atoms with van der Waals surface area (Å²) in [4.78, 5) is 14.0. The van der Waals surface area contributed by atoms with Crippen molar-refractivity contribution in [3.8, 4) is 0 Å². The van der Waals surface area contributed by atoms with Gasteiger partial charge in [-0.05, 0) is 26.9 Å². The molecule has 0 bridgehead atoms. The fourth-order valence-corrected chi connectivity index (χ4v) is 1.75. The van der Waals surface area contributed by atoms with Gasteiger partial charge in [0.15, 0.2) is 0 Å². The molecule has 0 aliphatic rings. The molecule has 17 heavy (non-hydrogen) atoms. The Labute approximate surface area is 105 Å². The number of nitrogens with zero attached hydrogens (tertiary/aromatic N) is 1. The summed E-state index contributed by atoms with van der Waals surface area (Å²) in [5, 5.41) is 6.09. The Morgan fingerprint density at radius 1 is 1.35 bits per heavy atom. The van der Waals surface area contributed by atoms with Gasteiger partial charge >= 0.3 is 0 Å². The Kier molecular flexibility index (Phi) is 8.72. The van der Waals surface area contributed by atoms with Crippen LogP contribution in [0.25, 0.3) is 0 Å². The van der Waals surface area contributed by atoms with E-state index in [0.29, 0.717) is 12.6 Å². The van der Waals surface area contributed by atoms with Crippen LogP contribution in [0.2, 0.25) is 0 Å². The molecular formula is C13H27N3O. The molecule has 2 unspecified atom stereocenters. The molecule has 0 saturated heterocycles. The van der Waals surface area contributed by atoms with Gasteiger partial charge in [0.25, 0.3) is 0 Å². The molecule has 2 N–H and O–H groups in total. The molecule has 2 atom stereocenters. The van der Waals surface area contributed by atoms with Crippen LogP contribution in [0.5, 0.6) is 0 Å². The van der Waals surface area contributed by atoms with E-state index in [1.807, 2.05) is 6.92 Å². The van der Waals surface area contributed by atoms with Crippen molar-refractivity contribution in [3.63, 3.8) is 0 Å². The van der Waals surface area contributed by atoms with Crippen molar-refractivity contribution in [3.05, 3.63) is 12.7 Å². The van der Waals surface area contributed by atoms with Crippen LogP contribution in [-0.2, 0) is 4.79 Å². The van der Waals surface area contributed by atoms with Gasteiger partial charge in [0, 0.05) is 19.1 Å². The van der Waals surface area contributed by atoms with Gasteiger partial charge in [0.05, 0.1) is 6.04 Å². The minimum absolute atomic E-state index is 0.0243. The lowest BCUT2D eigenvalue weighted by Crippen LogP contribution is -2.49. The average molecular weight is 241 g/mol. The lowest BCUT2D eigenvalue weighted by Gasteiger charge is -2.25. The molecule has 0 fully saturated rings. The fraction of sp³-hybridized carbons (Fsp3) is 0.769. The van der Waals surface area contributed by atoms with Crippen LogP contribution in [0.3, 0.4) is 0 Å². The van der Waals surface area contributed by atoms with Crippen molar-refractivity contribution in [1.82, 2.24) is 15.5 Å². The van der Waals surface area contributed by atoms with Gasteiger partial charge in [-0.25, -0.2) is 0 Å². The second kappa shape index (κ2) is 9.19. The maximum Gasteiger partial charge on any atom is 0.237 e. The molecule has 100 valence electrons. The van der Waals surface area contributed by atoms with Crippen LogP contribution in [0.1, 0.15) is 27.7 Å². The number of hydrogen-bond donors (Lipinski definition) is 2. The predicted molar refractivity (Wildman–Crippen MR) is 73.1 cm³/mol. The Bertz CT molecular complexity index is 227. The van der Waals surface area contributed by atoms with E-state index in [0.717, 1.165) is 19.6 Å². The molecule has 0 rings (SSSR count). The summed E-state index contributed by atoms with van der Waals surface area (Å²) in [7, 11) is 0. The van der Waals surface area contributed by atoms with Gasteiger partial charge in [0.2, 0.25) is 5.91 Å². The van der Waals surface area contributed by atoms with Crippen LogP contribution in [-0.4, -0.2) is 49.1 Å². The van der Waals surface area contributed by atoms with Crippen LogP contribution in [0, 0.1) is 0 Å². The molecule has 0 aromatic heterocycles. The van der Waals surface area contributed by atoms with Crippen molar-refractivity contribution in [2.24, 2.45) is 0 Å². The summed E-state index contributed by atoms with van der Waals surface area (Å²) in [5.74, 6) is 0.0243. The summed E-state index contributed by atoms with van der Waals surface area (Å²) in [6.07, 6.45) is 1.68. The van der Waals surface area contributed by atoms with Crippen LogP contribution in [0.15, 0.2) is 12.7 Å². The molecular weight excluding hydrogens is 214 g/mol. The lowest BCUT2D eigenvalue weighted by atomic mass is 10.2. The number of nitrogens with one attached hydrogen (secondary N) is 2. The number of likely N-dealkylation sites (N-methyl/N-ethyl adjacent to an activating group) is 1. The topological polar surface area (TPSA) is 44.4 Å². The number of amides is 1. The predicted octanol–water partition coefficient (Wildman–Crippen LogP) is 0.997. The smallest absolute Gasteiger partial charge is 0.237 e. The number of carbonyl (C=O) groups is 1. The van der Waals surface area contributed by atoms with E-state index in [4.69, 9.17) is 0 Å². The Morgan fingerprint density at radius 3 is 2.41 bits per heavy atom. The zero-order valence-electron chi connectivity index (χ0n) is 11.6. The molecule has 4 nitrogen and oxygen atoms in total. The largest absolute Gasteiger partial charge is 0.351 e. The Hall–Kier alpha value is -0.870. The highest BCUT2D eigenvalue weighted by Gasteiger charge is 2.15. The Balaban J connectivity index is 3.96. The molecule has 0 heterocycles. The monoisotopic (exact) mass is 241 g/mol. The zero-order valence-corrected chi connectivity index (χ0v) is 11.6. The summed E-state index contributed by atoms with van der Waals surface area (Å²) < 4.78 is 0. The fourth-order valence-electron chi connectivity index (χ4n) is 1.75. The molecule has 0 aromatic rings. The quantitative estimate of drug-likeness (QED) is 0.592. The number of hydrogen-bond acceptors (Lipinski definition) is 3. The summed E-state index contributed by atoms with van der Waals surface area (Å²) in [6.45, 7) is 15.4. The standard InChI is InChI=1S/C13H27N3O/c1-6-9-14-13(17)12(5)15-11(4)10-16(7-2)8-3/h6,11-12,15H,1,7-10H2,2-5H3,(H,14,17). The molecule has 0 radical (unpaired) electrons. The van der Waals surface area contributed by atoms with Gasteiger partial charge in [-0.1, -0.05) is 19.9 Å². The van der Waals surface area contributed by atoms with Crippen LogP contribution < -0.4 is 10.6 Å². The first kappa shape index (κ1) is 16.1. The first-order chi connectivity index (χ1) is 8.04. The van der Waals surface area contributed by atoms with E-state index in [1.165, 1.54) is 0 Å². The van der Waals surface area contributed by atoms with Crippen molar-refractivity contribution in [2.45, 2.75) is 39.8 Å². The van der Waals surface area contributed by atoms with Crippen LogP contribution >= 0.6 is 0 Å². The average Bonchev–Trinajstić information content (AvgIpc) is 2.32. The molecule has 0 spiro atoms.